The molecule has 1 aromatic rings. The summed E-state index contributed by atoms with van der Waals surface area (Å²) in [6, 6.07) is 1.15. The Labute approximate surface area is 71.3 Å². The van der Waals surface area contributed by atoms with Crippen molar-refractivity contribution in [2.24, 2.45) is 5.84 Å². The van der Waals surface area contributed by atoms with Gasteiger partial charge in [0.2, 0.25) is 5.82 Å². The van der Waals surface area contributed by atoms with Crippen LogP contribution in [0.5, 0.6) is 0 Å². The number of nitrogens with zero attached hydrogens (tertiary/aromatic N) is 1. The normalized spacial score (nSPS) is 9.77. The Morgan fingerprint density at radius 3 is 2.54 bits per heavy atom. The molecule has 1 rings (SSSR count). The standard InChI is InChI=1S/C6H5F2N3O2/c7-3-1-4(8)6(11(12)13)5(2-3)10-9/h1-2,10H,9H2. The summed E-state index contributed by atoms with van der Waals surface area (Å²) in [5.41, 5.74) is 0.565. The lowest BCUT2D eigenvalue weighted by atomic mass is 10.2. The van der Waals surface area contributed by atoms with Gasteiger partial charge in [-0.25, -0.2) is 4.39 Å². The highest BCUT2D eigenvalue weighted by molar-refractivity contribution is 5.61. The van der Waals surface area contributed by atoms with Gasteiger partial charge >= 0.3 is 5.69 Å². The van der Waals surface area contributed by atoms with E-state index in [9.17, 15) is 18.9 Å². The molecular weight excluding hydrogens is 184 g/mol. The highest BCUT2D eigenvalue weighted by Gasteiger charge is 2.20. The smallest absolute Gasteiger partial charge is 0.318 e. The van der Waals surface area contributed by atoms with Crippen LogP contribution >= 0.6 is 0 Å². The second kappa shape index (κ2) is 3.31. The van der Waals surface area contributed by atoms with Crippen molar-refractivity contribution in [3.05, 3.63) is 33.9 Å². The van der Waals surface area contributed by atoms with Crippen molar-refractivity contribution in [1.29, 1.82) is 0 Å². The van der Waals surface area contributed by atoms with E-state index < -0.39 is 27.9 Å². The third-order valence-electron chi connectivity index (χ3n) is 1.37. The first-order valence-corrected chi connectivity index (χ1v) is 3.16. The Balaban J connectivity index is 3.38. The fourth-order valence-electron chi connectivity index (χ4n) is 0.862. The molecule has 0 spiro atoms. The minimum atomic E-state index is -1.27. The Morgan fingerprint density at radius 1 is 1.46 bits per heavy atom. The number of nitro groups is 1. The predicted molar refractivity (Wildman–Crippen MR) is 40.8 cm³/mol. The van der Waals surface area contributed by atoms with Gasteiger partial charge in [0.05, 0.1) is 4.92 Å². The van der Waals surface area contributed by atoms with Crippen molar-refractivity contribution in [2.75, 3.05) is 5.43 Å². The molecule has 5 nitrogen and oxygen atoms in total. The maximum Gasteiger partial charge on any atom is 0.329 e. The fraction of sp³-hybridized carbons (Fsp3) is 0. The number of nitro benzene ring substituents is 1. The summed E-state index contributed by atoms with van der Waals surface area (Å²) in [4.78, 5) is 9.28. The van der Waals surface area contributed by atoms with Crippen LogP contribution in [0.4, 0.5) is 20.2 Å². The second-order valence-electron chi connectivity index (χ2n) is 2.19. The molecule has 0 amide bonds. The number of hydrazine groups is 1. The van der Waals surface area contributed by atoms with Crippen molar-refractivity contribution in [3.8, 4) is 0 Å². The zero-order valence-corrected chi connectivity index (χ0v) is 6.25. The highest BCUT2D eigenvalue weighted by Crippen LogP contribution is 2.27. The monoisotopic (exact) mass is 189 g/mol. The van der Waals surface area contributed by atoms with Gasteiger partial charge in [-0.15, -0.1) is 0 Å². The average Bonchev–Trinajstić information content (AvgIpc) is 2.01. The third kappa shape index (κ3) is 1.70. The molecule has 0 fully saturated rings. The zero-order chi connectivity index (χ0) is 10.0. The Bertz CT molecular complexity index is 356. The molecule has 13 heavy (non-hydrogen) atoms. The minimum absolute atomic E-state index is 0.400. The number of nitrogen functional groups attached to an aromatic ring is 1. The topological polar surface area (TPSA) is 81.2 Å². The molecule has 0 radical (unpaired) electrons. The van der Waals surface area contributed by atoms with Crippen LogP contribution < -0.4 is 11.3 Å². The summed E-state index contributed by atoms with van der Waals surface area (Å²) in [6.45, 7) is 0. The average molecular weight is 189 g/mol. The molecule has 70 valence electrons. The van der Waals surface area contributed by atoms with E-state index in [1.165, 1.54) is 0 Å². The summed E-state index contributed by atoms with van der Waals surface area (Å²) < 4.78 is 25.3. The number of hydrogen-bond acceptors (Lipinski definition) is 4. The van der Waals surface area contributed by atoms with E-state index in [2.05, 4.69) is 0 Å². The first-order valence-electron chi connectivity index (χ1n) is 3.16. The fourth-order valence-corrected chi connectivity index (χ4v) is 0.862. The van der Waals surface area contributed by atoms with Crippen LogP contribution in [0.25, 0.3) is 0 Å². The second-order valence-corrected chi connectivity index (χ2v) is 2.19. The van der Waals surface area contributed by atoms with Gasteiger partial charge in [-0.05, 0) is 0 Å². The predicted octanol–water partition coefficient (Wildman–Crippen LogP) is 1.16. The first-order chi connectivity index (χ1) is 6.06. The SMILES string of the molecule is NNc1cc(F)cc(F)c1[N+](=O)[O-]. The summed E-state index contributed by atoms with van der Waals surface area (Å²) in [7, 11) is 0. The van der Waals surface area contributed by atoms with Gasteiger partial charge in [-0.2, -0.15) is 4.39 Å². The Hall–Kier alpha value is -1.76. The molecule has 0 aliphatic heterocycles. The molecule has 1 aromatic carbocycles. The maximum atomic E-state index is 12.8. The molecule has 0 saturated heterocycles. The van der Waals surface area contributed by atoms with Crippen molar-refractivity contribution >= 4 is 11.4 Å². The van der Waals surface area contributed by atoms with E-state index in [0.717, 1.165) is 6.07 Å². The minimum Gasteiger partial charge on any atom is -0.318 e. The number of nitrogens with two attached hydrogens (primary N) is 1. The van der Waals surface area contributed by atoms with Crippen LogP contribution in [-0.2, 0) is 0 Å². The van der Waals surface area contributed by atoms with E-state index in [1.807, 2.05) is 5.43 Å². The molecule has 0 unspecified atom stereocenters. The third-order valence-corrected chi connectivity index (χ3v) is 1.37. The summed E-state index contributed by atoms with van der Waals surface area (Å²) >= 11 is 0. The van der Waals surface area contributed by atoms with Crippen LogP contribution in [0, 0.1) is 21.7 Å². The zero-order valence-electron chi connectivity index (χ0n) is 6.25. The Morgan fingerprint density at radius 2 is 2.08 bits per heavy atom. The van der Waals surface area contributed by atoms with Crippen LogP contribution in [-0.4, -0.2) is 4.92 Å². The lowest BCUT2D eigenvalue weighted by molar-refractivity contribution is -0.386. The number of nitrogens with one attached hydrogen (secondary N) is 1. The summed E-state index contributed by atoms with van der Waals surface area (Å²) in [6.07, 6.45) is 0. The molecule has 0 bridgehead atoms. The van der Waals surface area contributed by atoms with Gasteiger partial charge in [0.15, 0.2) is 0 Å². The van der Waals surface area contributed by atoms with Gasteiger partial charge in [-0.3, -0.25) is 16.0 Å². The number of hydrogen-bond donors (Lipinski definition) is 2. The number of anilines is 1. The quantitative estimate of drug-likeness (QED) is 0.415. The lowest BCUT2D eigenvalue weighted by Crippen LogP contribution is -2.10. The maximum absolute atomic E-state index is 12.8. The van der Waals surface area contributed by atoms with E-state index in [1.54, 1.807) is 0 Å². The van der Waals surface area contributed by atoms with Crippen molar-refractivity contribution < 1.29 is 13.7 Å². The van der Waals surface area contributed by atoms with E-state index in [-0.39, 0.29) is 0 Å². The molecule has 7 heteroatoms. The van der Waals surface area contributed by atoms with Crippen LogP contribution in [0.15, 0.2) is 12.1 Å². The number of rotatable bonds is 2. The molecule has 0 atom stereocenters. The highest BCUT2D eigenvalue weighted by atomic mass is 19.1. The number of benzene rings is 1. The first kappa shape index (κ1) is 9.33. The molecule has 0 aliphatic rings. The number of halogens is 2. The van der Waals surface area contributed by atoms with Gasteiger partial charge in [0.25, 0.3) is 0 Å². The summed E-state index contributed by atoms with van der Waals surface area (Å²) in [5.74, 6) is 2.64. The molecular formula is C6H5F2N3O2. The van der Waals surface area contributed by atoms with Crippen molar-refractivity contribution in [1.82, 2.24) is 0 Å². The van der Waals surface area contributed by atoms with E-state index >= 15 is 0 Å². The van der Waals surface area contributed by atoms with Crippen molar-refractivity contribution in [2.45, 2.75) is 0 Å². The van der Waals surface area contributed by atoms with Gasteiger partial charge in [0.1, 0.15) is 11.5 Å². The van der Waals surface area contributed by atoms with E-state index in [4.69, 9.17) is 5.84 Å². The molecule has 0 aromatic heterocycles. The van der Waals surface area contributed by atoms with E-state index in [0.29, 0.717) is 6.07 Å². The van der Waals surface area contributed by atoms with Gasteiger partial charge in [-0.1, -0.05) is 0 Å². The largest absolute Gasteiger partial charge is 0.329 e. The van der Waals surface area contributed by atoms with Crippen LogP contribution in [0.3, 0.4) is 0 Å². The lowest BCUT2D eigenvalue weighted by Gasteiger charge is -2.01. The molecule has 0 saturated carbocycles. The summed E-state index contributed by atoms with van der Waals surface area (Å²) in [5, 5.41) is 10.3. The molecule has 3 N–H and O–H groups in total. The van der Waals surface area contributed by atoms with Crippen LogP contribution in [0.2, 0.25) is 0 Å². The molecule has 0 aliphatic carbocycles. The van der Waals surface area contributed by atoms with Gasteiger partial charge < -0.3 is 5.43 Å². The van der Waals surface area contributed by atoms with Gasteiger partial charge in [0, 0.05) is 12.1 Å². The van der Waals surface area contributed by atoms with Crippen LogP contribution in [0.1, 0.15) is 0 Å². The van der Waals surface area contributed by atoms with Crippen molar-refractivity contribution in [3.63, 3.8) is 0 Å². The molecule has 0 heterocycles. The Kier molecular flexibility index (Phi) is 2.38.